The van der Waals surface area contributed by atoms with Gasteiger partial charge in [0, 0.05) is 19.2 Å². The number of benzene rings is 1. The Morgan fingerprint density at radius 3 is 2.47 bits per heavy atom. The van der Waals surface area contributed by atoms with Crippen LogP contribution >= 0.6 is 0 Å². The van der Waals surface area contributed by atoms with E-state index in [0.717, 1.165) is 0 Å². The number of hydrogen-bond acceptors (Lipinski definition) is 3. The van der Waals surface area contributed by atoms with Crippen molar-refractivity contribution >= 4 is 5.91 Å². The zero-order chi connectivity index (χ0) is 12.8. The smallest absolute Gasteiger partial charge is 0.254 e. The Morgan fingerprint density at radius 2 is 2.00 bits per heavy atom. The monoisotopic (exact) mass is 237 g/mol. The van der Waals surface area contributed by atoms with Crippen LogP contribution in [0.15, 0.2) is 24.3 Å². The largest absolute Gasteiger partial charge is 0.508 e. The highest BCUT2D eigenvalue weighted by atomic mass is 16.5. The van der Waals surface area contributed by atoms with Crippen LogP contribution in [0, 0.1) is 0 Å². The molecule has 0 heterocycles. The summed E-state index contributed by atoms with van der Waals surface area (Å²) in [5.41, 5.74) is 0.576. The normalized spacial score (nSPS) is 12.2. The van der Waals surface area contributed by atoms with Gasteiger partial charge >= 0.3 is 0 Å². The summed E-state index contributed by atoms with van der Waals surface area (Å²) >= 11 is 0. The highest BCUT2D eigenvalue weighted by molar-refractivity contribution is 5.94. The van der Waals surface area contributed by atoms with Crippen LogP contribution in [0.2, 0.25) is 0 Å². The van der Waals surface area contributed by atoms with Crippen molar-refractivity contribution in [2.75, 3.05) is 20.3 Å². The molecule has 0 aliphatic carbocycles. The van der Waals surface area contributed by atoms with Crippen molar-refractivity contribution in [1.82, 2.24) is 4.90 Å². The molecular weight excluding hydrogens is 218 g/mol. The highest BCUT2D eigenvalue weighted by Crippen LogP contribution is 2.13. The Labute approximate surface area is 102 Å². The van der Waals surface area contributed by atoms with E-state index in [1.165, 1.54) is 12.1 Å². The molecule has 4 heteroatoms. The van der Waals surface area contributed by atoms with Crippen LogP contribution in [-0.2, 0) is 4.74 Å². The summed E-state index contributed by atoms with van der Waals surface area (Å²) in [6, 6.07) is 6.32. The lowest BCUT2D eigenvalue weighted by Crippen LogP contribution is -2.40. The van der Waals surface area contributed by atoms with E-state index >= 15 is 0 Å². The highest BCUT2D eigenvalue weighted by Gasteiger charge is 2.19. The molecular formula is C13H19NO3. The third-order valence-corrected chi connectivity index (χ3v) is 2.66. The number of methoxy groups -OCH3 is 1. The second kappa shape index (κ2) is 6.25. The van der Waals surface area contributed by atoms with Gasteiger partial charge in [0.1, 0.15) is 5.75 Å². The van der Waals surface area contributed by atoms with Gasteiger partial charge in [0.2, 0.25) is 0 Å². The van der Waals surface area contributed by atoms with Crippen LogP contribution in [0.5, 0.6) is 5.75 Å². The van der Waals surface area contributed by atoms with Gasteiger partial charge < -0.3 is 14.7 Å². The minimum atomic E-state index is -0.0444. The molecule has 1 N–H and O–H groups in total. The van der Waals surface area contributed by atoms with E-state index in [1.54, 1.807) is 24.1 Å². The van der Waals surface area contributed by atoms with Crippen LogP contribution in [0.1, 0.15) is 24.2 Å². The molecule has 1 aromatic rings. The number of aromatic hydroxyl groups is 1. The van der Waals surface area contributed by atoms with E-state index in [9.17, 15) is 9.90 Å². The first-order valence-corrected chi connectivity index (χ1v) is 5.69. The van der Waals surface area contributed by atoms with E-state index in [0.29, 0.717) is 18.7 Å². The fourth-order valence-corrected chi connectivity index (χ4v) is 1.76. The summed E-state index contributed by atoms with van der Waals surface area (Å²) in [7, 11) is 1.62. The molecule has 1 aromatic carbocycles. The second-order valence-corrected chi connectivity index (χ2v) is 3.94. The zero-order valence-electron chi connectivity index (χ0n) is 10.5. The van der Waals surface area contributed by atoms with Crippen LogP contribution in [0.4, 0.5) is 0 Å². The van der Waals surface area contributed by atoms with E-state index in [2.05, 4.69) is 0 Å². The van der Waals surface area contributed by atoms with Crippen molar-refractivity contribution in [2.24, 2.45) is 0 Å². The number of hydrogen-bond donors (Lipinski definition) is 1. The fraction of sp³-hybridized carbons (Fsp3) is 0.462. The lowest BCUT2D eigenvalue weighted by Gasteiger charge is -2.27. The first-order chi connectivity index (χ1) is 8.10. The number of nitrogens with zero attached hydrogens (tertiary/aromatic N) is 1. The molecule has 94 valence electrons. The number of phenols is 1. The maximum atomic E-state index is 12.2. The van der Waals surface area contributed by atoms with Gasteiger partial charge in [-0.05, 0) is 38.1 Å². The summed E-state index contributed by atoms with van der Waals surface area (Å²) in [5, 5.41) is 9.18. The summed E-state index contributed by atoms with van der Waals surface area (Å²) < 4.78 is 5.06. The molecule has 1 atom stereocenters. The summed E-state index contributed by atoms with van der Waals surface area (Å²) in [4.78, 5) is 13.9. The van der Waals surface area contributed by atoms with Crippen LogP contribution in [0.3, 0.4) is 0 Å². The van der Waals surface area contributed by atoms with Gasteiger partial charge in [-0.15, -0.1) is 0 Å². The van der Waals surface area contributed by atoms with Crippen molar-refractivity contribution in [2.45, 2.75) is 19.9 Å². The summed E-state index contributed by atoms with van der Waals surface area (Å²) in [6.45, 7) is 5.03. The second-order valence-electron chi connectivity index (χ2n) is 3.94. The molecule has 17 heavy (non-hydrogen) atoms. The van der Waals surface area contributed by atoms with Gasteiger partial charge in [0.05, 0.1) is 12.6 Å². The SMILES string of the molecule is CCN(C(=O)c1ccc(O)cc1)C(C)COC. The van der Waals surface area contributed by atoms with Crippen molar-refractivity contribution in [3.63, 3.8) is 0 Å². The lowest BCUT2D eigenvalue weighted by molar-refractivity contribution is 0.0579. The molecule has 0 saturated carbocycles. The third-order valence-electron chi connectivity index (χ3n) is 2.66. The minimum Gasteiger partial charge on any atom is -0.508 e. The number of carbonyl (C=O) groups is 1. The van der Waals surface area contributed by atoms with Gasteiger partial charge in [-0.3, -0.25) is 4.79 Å². The predicted octanol–water partition coefficient (Wildman–Crippen LogP) is 1.89. The Kier molecular flexibility index (Phi) is 4.97. The van der Waals surface area contributed by atoms with Crippen molar-refractivity contribution in [1.29, 1.82) is 0 Å². The number of likely N-dealkylation sites (N-methyl/N-ethyl adjacent to an activating group) is 1. The average molecular weight is 237 g/mol. The Bertz CT molecular complexity index is 361. The van der Waals surface area contributed by atoms with Gasteiger partial charge in [-0.1, -0.05) is 0 Å². The zero-order valence-corrected chi connectivity index (χ0v) is 10.5. The Hall–Kier alpha value is -1.55. The average Bonchev–Trinajstić information content (AvgIpc) is 2.31. The number of carbonyl (C=O) groups excluding carboxylic acids is 1. The van der Waals surface area contributed by atoms with Crippen LogP contribution in [-0.4, -0.2) is 42.2 Å². The van der Waals surface area contributed by atoms with E-state index in [-0.39, 0.29) is 17.7 Å². The molecule has 4 nitrogen and oxygen atoms in total. The number of amides is 1. The molecule has 0 aliphatic heterocycles. The maximum absolute atomic E-state index is 12.2. The van der Waals surface area contributed by atoms with E-state index < -0.39 is 0 Å². The molecule has 1 rings (SSSR count). The van der Waals surface area contributed by atoms with Crippen molar-refractivity contribution < 1.29 is 14.6 Å². The molecule has 0 fully saturated rings. The maximum Gasteiger partial charge on any atom is 0.254 e. The fourth-order valence-electron chi connectivity index (χ4n) is 1.76. The van der Waals surface area contributed by atoms with Gasteiger partial charge in [-0.25, -0.2) is 0 Å². The summed E-state index contributed by atoms with van der Waals surface area (Å²) in [6.07, 6.45) is 0. The molecule has 0 saturated heterocycles. The molecule has 0 bridgehead atoms. The molecule has 1 unspecified atom stereocenters. The van der Waals surface area contributed by atoms with Gasteiger partial charge in [-0.2, -0.15) is 0 Å². The number of phenolic OH excluding ortho intramolecular Hbond substituents is 1. The molecule has 0 aliphatic rings. The van der Waals surface area contributed by atoms with Crippen molar-refractivity contribution in [3.8, 4) is 5.75 Å². The Morgan fingerprint density at radius 1 is 1.41 bits per heavy atom. The lowest BCUT2D eigenvalue weighted by atomic mass is 10.1. The van der Waals surface area contributed by atoms with E-state index in [1.807, 2.05) is 13.8 Å². The summed E-state index contributed by atoms with van der Waals surface area (Å²) in [5.74, 6) is 0.117. The third kappa shape index (κ3) is 3.46. The number of rotatable bonds is 5. The topological polar surface area (TPSA) is 49.8 Å². The van der Waals surface area contributed by atoms with E-state index in [4.69, 9.17) is 4.74 Å². The Balaban J connectivity index is 2.82. The molecule has 1 amide bonds. The molecule has 0 spiro atoms. The van der Waals surface area contributed by atoms with Gasteiger partial charge in [0.15, 0.2) is 0 Å². The van der Waals surface area contributed by atoms with Gasteiger partial charge in [0.25, 0.3) is 5.91 Å². The molecule has 0 radical (unpaired) electrons. The first-order valence-electron chi connectivity index (χ1n) is 5.69. The predicted molar refractivity (Wildman–Crippen MR) is 66.2 cm³/mol. The minimum absolute atomic E-state index is 0.0336. The van der Waals surface area contributed by atoms with Crippen LogP contribution in [0.25, 0.3) is 0 Å². The van der Waals surface area contributed by atoms with Crippen LogP contribution < -0.4 is 0 Å². The quantitative estimate of drug-likeness (QED) is 0.850. The first kappa shape index (κ1) is 13.5. The van der Waals surface area contributed by atoms with Crippen molar-refractivity contribution in [3.05, 3.63) is 29.8 Å². The standard InChI is InChI=1S/C13H19NO3/c1-4-14(10(2)9-17-3)13(16)11-5-7-12(15)8-6-11/h5-8,10,15H,4,9H2,1-3H3. The number of ether oxygens (including phenoxy) is 1. The molecule has 0 aromatic heterocycles.